The Kier molecular flexibility index (Phi) is 5.91. The highest BCUT2D eigenvalue weighted by molar-refractivity contribution is 5.75. The van der Waals surface area contributed by atoms with Crippen LogP contribution in [0.2, 0.25) is 0 Å². The van der Waals surface area contributed by atoms with E-state index in [2.05, 4.69) is 10.3 Å². The minimum atomic E-state index is -0.364. The number of carbonyl (C=O) groups is 1. The molecule has 1 heterocycles. The van der Waals surface area contributed by atoms with E-state index < -0.39 is 0 Å². The maximum Gasteiger partial charge on any atom is 0.322 e. The molecule has 0 radical (unpaired) electrons. The lowest BCUT2D eigenvalue weighted by molar-refractivity contribution is -0.142. The standard InChI is InChI=1S/C17H20N2O3/c1-13(17(20)21-2)19-11-15-7-3-4-8-16(15)22-12-14-6-5-9-18-10-14/h3-10,13,19H,11-12H2,1-2H3/t13-/m0/s1. The second kappa shape index (κ2) is 8.14. The fourth-order valence-corrected chi connectivity index (χ4v) is 1.96. The van der Waals surface area contributed by atoms with Crippen molar-refractivity contribution in [3.63, 3.8) is 0 Å². The van der Waals surface area contributed by atoms with Crippen LogP contribution in [0.1, 0.15) is 18.1 Å². The van der Waals surface area contributed by atoms with Crippen LogP contribution >= 0.6 is 0 Å². The fourth-order valence-electron chi connectivity index (χ4n) is 1.96. The van der Waals surface area contributed by atoms with Crippen molar-refractivity contribution in [3.8, 4) is 5.75 Å². The monoisotopic (exact) mass is 300 g/mol. The Morgan fingerprint density at radius 2 is 2.09 bits per heavy atom. The Balaban J connectivity index is 1.96. The first-order chi connectivity index (χ1) is 10.7. The van der Waals surface area contributed by atoms with Gasteiger partial charge < -0.3 is 14.8 Å². The number of para-hydroxylation sites is 1. The number of nitrogens with one attached hydrogen (secondary N) is 1. The van der Waals surface area contributed by atoms with Gasteiger partial charge in [0.25, 0.3) is 0 Å². The van der Waals surface area contributed by atoms with E-state index in [-0.39, 0.29) is 12.0 Å². The molecule has 0 aliphatic rings. The molecule has 0 saturated carbocycles. The Morgan fingerprint density at radius 1 is 1.27 bits per heavy atom. The lowest BCUT2D eigenvalue weighted by atomic mass is 10.2. The van der Waals surface area contributed by atoms with Gasteiger partial charge in [0.2, 0.25) is 0 Å². The van der Waals surface area contributed by atoms with E-state index in [1.54, 1.807) is 19.3 Å². The van der Waals surface area contributed by atoms with Crippen molar-refractivity contribution in [2.75, 3.05) is 7.11 Å². The second-order valence-corrected chi connectivity index (χ2v) is 4.88. The molecule has 1 aromatic heterocycles. The zero-order valence-electron chi connectivity index (χ0n) is 12.8. The molecule has 0 bridgehead atoms. The molecule has 0 fully saturated rings. The van der Waals surface area contributed by atoms with E-state index in [0.29, 0.717) is 13.2 Å². The van der Waals surface area contributed by atoms with Crippen molar-refractivity contribution >= 4 is 5.97 Å². The van der Waals surface area contributed by atoms with Gasteiger partial charge in [-0.05, 0) is 19.1 Å². The molecule has 116 valence electrons. The zero-order chi connectivity index (χ0) is 15.8. The summed E-state index contributed by atoms with van der Waals surface area (Å²) in [5.74, 6) is 0.504. The number of aromatic nitrogens is 1. The van der Waals surface area contributed by atoms with Gasteiger partial charge in [0, 0.05) is 30.1 Å². The van der Waals surface area contributed by atoms with Crippen molar-refractivity contribution < 1.29 is 14.3 Å². The highest BCUT2D eigenvalue weighted by Gasteiger charge is 2.13. The number of hydrogen-bond acceptors (Lipinski definition) is 5. The first kappa shape index (κ1) is 16.0. The lowest BCUT2D eigenvalue weighted by Crippen LogP contribution is -2.34. The summed E-state index contributed by atoms with van der Waals surface area (Å²) in [5, 5.41) is 3.12. The van der Waals surface area contributed by atoms with Crippen molar-refractivity contribution in [3.05, 3.63) is 59.9 Å². The van der Waals surface area contributed by atoms with Gasteiger partial charge in [-0.15, -0.1) is 0 Å². The largest absolute Gasteiger partial charge is 0.489 e. The molecule has 5 nitrogen and oxygen atoms in total. The predicted octanol–water partition coefficient (Wildman–Crippen LogP) is 2.31. The van der Waals surface area contributed by atoms with Crippen LogP contribution in [0.15, 0.2) is 48.8 Å². The summed E-state index contributed by atoms with van der Waals surface area (Å²) in [4.78, 5) is 15.5. The maximum absolute atomic E-state index is 11.4. The minimum Gasteiger partial charge on any atom is -0.489 e. The molecule has 1 aromatic carbocycles. The van der Waals surface area contributed by atoms with Crippen molar-refractivity contribution in [1.82, 2.24) is 10.3 Å². The molecule has 0 saturated heterocycles. The number of ether oxygens (including phenoxy) is 2. The number of rotatable bonds is 7. The number of pyridine rings is 1. The number of nitrogens with zero attached hydrogens (tertiary/aromatic N) is 1. The molecule has 0 aliphatic carbocycles. The first-order valence-electron chi connectivity index (χ1n) is 7.11. The average molecular weight is 300 g/mol. The summed E-state index contributed by atoms with van der Waals surface area (Å²) in [6.07, 6.45) is 3.51. The molecule has 1 atom stereocenters. The molecule has 0 unspecified atom stereocenters. The van der Waals surface area contributed by atoms with Gasteiger partial charge >= 0.3 is 5.97 Å². The molecular weight excluding hydrogens is 280 g/mol. The van der Waals surface area contributed by atoms with Gasteiger partial charge in [0.05, 0.1) is 7.11 Å². The van der Waals surface area contributed by atoms with Crippen molar-refractivity contribution in [2.24, 2.45) is 0 Å². The van der Waals surface area contributed by atoms with Crippen LogP contribution in [0, 0.1) is 0 Å². The quantitative estimate of drug-likeness (QED) is 0.795. The predicted molar refractivity (Wildman–Crippen MR) is 83.3 cm³/mol. The van der Waals surface area contributed by atoms with E-state index in [9.17, 15) is 4.79 Å². The molecule has 0 amide bonds. The molecule has 2 rings (SSSR count). The van der Waals surface area contributed by atoms with Gasteiger partial charge in [-0.2, -0.15) is 0 Å². The molecule has 2 aromatic rings. The summed E-state index contributed by atoms with van der Waals surface area (Å²) >= 11 is 0. The summed E-state index contributed by atoms with van der Waals surface area (Å²) in [7, 11) is 1.38. The summed E-state index contributed by atoms with van der Waals surface area (Å²) in [6.45, 7) is 2.75. The summed E-state index contributed by atoms with van der Waals surface area (Å²) in [5.41, 5.74) is 2.00. The van der Waals surface area contributed by atoms with Gasteiger partial charge in [-0.1, -0.05) is 24.3 Å². The smallest absolute Gasteiger partial charge is 0.322 e. The van der Waals surface area contributed by atoms with Crippen LogP contribution in [0.25, 0.3) is 0 Å². The van der Waals surface area contributed by atoms with E-state index in [0.717, 1.165) is 16.9 Å². The Labute approximate surface area is 130 Å². The number of esters is 1. The van der Waals surface area contributed by atoms with Crippen LogP contribution in [-0.4, -0.2) is 24.1 Å². The molecule has 22 heavy (non-hydrogen) atoms. The Morgan fingerprint density at radius 3 is 2.82 bits per heavy atom. The Bertz CT molecular complexity index is 602. The minimum absolute atomic E-state index is 0.284. The number of benzene rings is 1. The molecule has 0 spiro atoms. The molecule has 0 aliphatic heterocycles. The molecule has 5 heteroatoms. The number of carbonyl (C=O) groups excluding carboxylic acids is 1. The molecule has 1 N–H and O–H groups in total. The number of hydrogen-bond donors (Lipinski definition) is 1. The van der Waals surface area contributed by atoms with E-state index in [1.807, 2.05) is 36.4 Å². The van der Waals surface area contributed by atoms with Gasteiger partial charge in [0.15, 0.2) is 0 Å². The first-order valence-corrected chi connectivity index (χ1v) is 7.11. The van der Waals surface area contributed by atoms with Crippen LogP contribution in [0.4, 0.5) is 0 Å². The summed E-state index contributed by atoms with van der Waals surface area (Å²) in [6, 6.07) is 11.2. The highest BCUT2D eigenvalue weighted by Crippen LogP contribution is 2.19. The van der Waals surface area contributed by atoms with E-state index in [1.165, 1.54) is 7.11 Å². The van der Waals surface area contributed by atoms with Crippen LogP contribution < -0.4 is 10.1 Å². The topological polar surface area (TPSA) is 60.5 Å². The fraction of sp³-hybridized carbons (Fsp3) is 0.294. The number of methoxy groups -OCH3 is 1. The zero-order valence-corrected chi connectivity index (χ0v) is 12.8. The van der Waals surface area contributed by atoms with Crippen molar-refractivity contribution in [1.29, 1.82) is 0 Å². The molecular formula is C17H20N2O3. The second-order valence-electron chi connectivity index (χ2n) is 4.88. The van der Waals surface area contributed by atoms with Gasteiger partial charge in [-0.3, -0.25) is 9.78 Å². The highest BCUT2D eigenvalue weighted by atomic mass is 16.5. The Hall–Kier alpha value is -2.40. The third kappa shape index (κ3) is 4.56. The van der Waals surface area contributed by atoms with Crippen LogP contribution in [-0.2, 0) is 22.7 Å². The third-order valence-electron chi connectivity index (χ3n) is 3.24. The van der Waals surface area contributed by atoms with Crippen molar-refractivity contribution in [2.45, 2.75) is 26.1 Å². The van der Waals surface area contributed by atoms with Crippen LogP contribution in [0.5, 0.6) is 5.75 Å². The third-order valence-corrected chi connectivity index (χ3v) is 3.24. The normalized spacial score (nSPS) is 11.7. The van der Waals surface area contributed by atoms with Crippen LogP contribution in [0.3, 0.4) is 0 Å². The van der Waals surface area contributed by atoms with Gasteiger partial charge in [0.1, 0.15) is 18.4 Å². The van der Waals surface area contributed by atoms with Gasteiger partial charge in [-0.25, -0.2) is 0 Å². The van der Waals surface area contributed by atoms with E-state index in [4.69, 9.17) is 9.47 Å². The maximum atomic E-state index is 11.4. The SMILES string of the molecule is COC(=O)[C@H](C)NCc1ccccc1OCc1cccnc1. The van der Waals surface area contributed by atoms with E-state index >= 15 is 0 Å². The summed E-state index contributed by atoms with van der Waals surface area (Å²) < 4.78 is 10.5. The lowest BCUT2D eigenvalue weighted by Gasteiger charge is -2.14. The average Bonchev–Trinajstić information content (AvgIpc) is 2.58.